The van der Waals surface area contributed by atoms with E-state index in [1.807, 2.05) is 19.1 Å². The van der Waals surface area contributed by atoms with E-state index >= 15 is 0 Å². The summed E-state index contributed by atoms with van der Waals surface area (Å²) in [5.41, 5.74) is 4.76. The first-order chi connectivity index (χ1) is 14.2. The standard InChI is InChI=1S/C23H25N5O/c1-3-20-15-19(14-18-7-5-4-6-8-18)9-10-21(20)29-12-11-24-22-13-17(2)27-23-25-16-26-28(22)23/h4-10,13,15-16,24H,3,11-12,14H2,1-2H3. The molecule has 0 atom stereocenters. The topological polar surface area (TPSA) is 64.3 Å². The number of nitrogens with one attached hydrogen (secondary N) is 1. The van der Waals surface area contributed by atoms with Crippen molar-refractivity contribution in [1.29, 1.82) is 0 Å². The van der Waals surface area contributed by atoms with Gasteiger partial charge in [0.1, 0.15) is 24.5 Å². The molecule has 0 fully saturated rings. The van der Waals surface area contributed by atoms with E-state index in [9.17, 15) is 0 Å². The van der Waals surface area contributed by atoms with E-state index in [1.165, 1.54) is 23.0 Å². The monoisotopic (exact) mass is 387 g/mol. The predicted molar refractivity (Wildman–Crippen MR) is 115 cm³/mol. The number of nitrogens with zero attached hydrogens (tertiary/aromatic N) is 4. The molecule has 148 valence electrons. The molecule has 0 amide bonds. The molecular weight excluding hydrogens is 362 g/mol. The van der Waals surface area contributed by atoms with Gasteiger partial charge in [-0.1, -0.05) is 49.4 Å². The normalized spacial score (nSPS) is 11.0. The predicted octanol–water partition coefficient (Wildman–Crippen LogP) is 4.08. The van der Waals surface area contributed by atoms with Crippen molar-refractivity contribution in [2.75, 3.05) is 18.5 Å². The molecule has 6 nitrogen and oxygen atoms in total. The Morgan fingerprint density at radius 3 is 2.72 bits per heavy atom. The molecule has 0 saturated heterocycles. The fourth-order valence-corrected chi connectivity index (χ4v) is 3.39. The number of fused-ring (bicyclic) bond motifs is 1. The summed E-state index contributed by atoms with van der Waals surface area (Å²) in [6.07, 6.45) is 3.38. The summed E-state index contributed by atoms with van der Waals surface area (Å²) in [6.45, 7) is 5.32. The van der Waals surface area contributed by atoms with Crippen LogP contribution in [0.3, 0.4) is 0 Å². The van der Waals surface area contributed by atoms with Crippen LogP contribution in [0, 0.1) is 6.92 Å². The minimum Gasteiger partial charge on any atom is -0.491 e. The first kappa shape index (κ1) is 18.9. The molecule has 0 spiro atoms. The average molecular weight is 387 g/mol. The molecule has 29 heavy (non-hydrogen) atoms. The van der Waals surface area contributed by atoms with E-state index in [4.69, 9.17) is 4.74 Å². The molecule has 0 bridgehead atoms. The molecule has 0 aliphatic carbocycles. The zero-order chi connectivity index (χ0) is 20.1. The van der Waals surface area contributed by atoms with Gasteiger partial charge in [-0.3, -0.25) is 0 Å². The molecule has 2 aromatic carbocycles. The van der Waals surface area contributed by atoms with Gasteiger partial charge in [0.25, 0.3) is 5.78 Å². The number of aryl methyl sites for hydroxylation is 2. The third kappa shape index (κ3) is 4.54. The number of rotatable bonds is 8. The fourth-order valence-electron chi connectivity index (χ4n) is 3.39. The minimum absolute atomic E-state index is 0.558. The summed E-state index contributed by atoms with van der Waals surface area (Å²) in [4.78, 5) is 8.50. The molecule has 0 radical (unpaired) electrons. The smallest absolute Gasteiger partial charge is 0.254 e. The van der Waals surface area contributed by atoms with Gasteiger partial charge >= 0.3 is 0 Å². The lowest BCUT2D eigenvalue weighted by molar-refractivity contribution is 0.329. The number of ether oxygens (including phenoxy) is 1. The average Bonchev–Trinajstić information content (AvgIpc) is 3.21. The lowest BCUT2D eigenvalue weighted by Gasteiger charge is -2.14. The van der Waals surface area contributed by atoms with Crippen molar-refractivity contribution in [3.05, 3.63) is 83.3 Å². The Hall–Kier alpha value is -3.41. The third-order valence-electron chi connectivity index (χ3n) is 4.80. The lowest BCUT2D eigenvalue weighted by atomic mass is 10.0. The summed E-state index contributed by atoms with van der Waals surface area (Å²) in [7, 11) is 0. The zero-order valence-corrected chi connectivity index (χ0v) is 16.8. The van der Waals surface area contributed by atoms with Gasteiger partial charge in [-0.15, -0.1) is 0 Å². The van der Waals surface area contributed by atoms with Crippen LogP contribution in [0.25, 0.3) is 5.78 Å². The molecule has 0 aliphatic rings. The van der Waals surface area contributed by atoms with Gasteiger partial charge in [-0.25, -0.2) is 4.98 Å². The number of aromatic nitrogens is 4. The highest BCUT2D eigenvalue weighted by Crippen LogP contribution is 2.22. The van der Waals surface area contributed by atoms with Crippen LogP contribution in [0.1, 0.15) is 29.3 Å². The van der Waals surface area contributed by atoms with E-state index < -0.39 is 0 Å². The van der Waals surface area contributed by atoms with E-state index in [2.05, 4.69) is 69.8 Å². The van der Waals surface area contributed by atoms with E-state index in [0.717, 1.165) is 30.1 Å². The third-order valence-corrected chi connectivity index (χ3v) is 4.80. The highest BCUT2D eigenvalue weighted by Gasteiger charge is 2.07. The molecule has 0 aliphatic heterocycles. The Bertz CT molecular complexity index is 1090. The van der Waals surface area contributed by atoms with Crippen LogP contribution in [0.15, 0.2) is 60.9 Å². The molecule has 0 saturated carbocycles. The summed E-state index contributed by atoms with van der Waals surface area (Å²) in [6, 6.07) is 19.0. The van der Waals surface area contributed by atoms with E-state index in [0.29, 0.717) is 18.9 Å². The first-order valence-electron chi connectivity index (χ1n) is 9.92. The Morgan fingerprint density at radius 2 is 1.90 bits per heavy atom. The Labute approximate surface area is 170 Å². The molecule has 4 rings (SSSR count). The van der Waals surface area contributed by atoms with Gasteiger partial charge in [-0.2, -0.15) is 14.6 Å². The van der Waals surface area contributed by atoms with Crippen molar-refractivity contribution >= 4 is 11.6 Å². The second-order valence-electron chi connectivity index (χ2n) is 6.99. The first-order valence-corrected chi connectivity index (χ1v) is 9.92. The number of benzene rings is 2. The highest BCUT2D eigenvalue weighted by atomic mass is 16.5. The van der Waals surface area contributed by atoms with Gasteiger partial charge in [0.05, 0.1) is 6.54 Å². The van der Waals surface area contributed by atoms with Crippen LogP contribution in [0.2, 0.25) is 0 Å². The summed E-state index contributed by atoms with van der Waals surface area (Å²) in [5, 5.41) is 7.57. The maximum absolute atomic E-state index is 6.06. The van der Waals surface area contributed by atoms with Gasteiger partial charge in [0.2, 0.25) is 0 Å². The zero-order valence-electron chi connectivity index (χ0n) is 16.8. The van der Waals surface area contributed by atoms with Crippen molar-refractivity contribution in [1.82, 2.24) is 19.6 Å². The van der Waals surface area contributed by atoms with Crippen LogP contribution < -0.4 is 10.1 Å². The van der Waals surface area contributed by atoms with Crippen LogP contribution in [0.4, 0.5) is 5.82 Å². The van der Waals surface area contributed by atoms with Gasteiger partial charge in [0, 0.05) is 11.8 Å². The molecule has 6 heteroatoms. The summed E-state index contributed by atoms with van der Waals surface area (Å²) in [5.74, 6) is 2.40. The molecule has 1 N–H and O–H groups in total. The maximum atomic E-state index is 6.06. The maximum Gasteiger partial charge on any atom is 0.254 e. The number of hydrogen-bond donors (Lipinski definition) is 1. The van der Waals surface area contributed by atoms with Gasteiger partial charge < -0.3 is 10.1 Å². The van der Waals surface area contributed by atoms with Crippen molar-refractivity contribution in [2.45, 2.75) is 26.7 Å². The van der Waals surface area contributed by atoms with Crippen molar-refractivity contribution in [3.63, 3.8) is 0 Å². The largest absolute Gasteiger partial charge is 0.491 e. The van der Waals surface area contributed by atoms with Crippen LogP contribution in [-0.2, 0) is 12.8 Å². The summed E-state index contributed by atoms with van der Waals surface area (Å²) < 4.78 is 7.75. The Morgan fingerprint density at radius 1 is 1.03 bits per heavy atom. The molecule has 0 unspecified atom stereocenters. The van der Waals surface area contributed by atoms with Crippen molar-refractivity contribution < 1.29 is 4.74 Å². The van der Waals surface area contributed by atoms with Crippen LogP contribution in [-0.4, -0.2) is 32.7 Å². The second-order valence-corrected chi connectivity index (χ2v) is 6.99. The molecular formula is C23H25N5O. The quantitative estimate of drug-likeness (QED) is 0.462. The Balaban J connectivity index is 1.37. The van der Waals surface area contributed by atoms with Crippen molar-refractivity contribution in [2.24, 2.45) is 0 Å². The molecule has 2 aromatic heterocycles. The summed E-state index contributed by atoms with van der Waals surface area (Å²) >= 11 is 0. The minimum atomic E-state index is 0.558. The lowest BCUT2D eigenvalue weighted by Crippen LogP contribution is -2.15. The highest BCUT2D eigenvalue weighted by molar-refractivity contribution is 5.44. The molecule has 2 heterocycles. The second kappa shape index (κ2) is 8.73. The van der Waals surface area contributed by atoms with E-state index in [1.54, 1.807) is 4.52 Å². The number of hydrogen-bond acceptors (Lipinski definition) is 5. The van der Waals surface area contributed by atoms with E-state index in [-0.39, 0.29) is 0 Å². The SMILES string of the molecule is CCc1cc(Cc2ccccc2)ccc1OCCNc1cc(C)nc2ncnn12. The van der Waals surface area contributed by atoms with Gasteiger partial charge in [-0.05, 0) is 42.5 Å². The molecule has 4 aromatic rings. The Kier molecular flexibility index (Phi) is 5.70. The number of anilines is 1. The fraction of sp³-hybridized carbons (Fsp3) is 0.261. The van der Waals surface area contributed by atoms with Crippen LogP contribution >= 0.6 is 0 Å². The van der Waals surface area contributed by atoms with Crippen molar-refractivity contribution in [3.8, 4) is 5.75 Å². The van der Waals surface area contributed by atoms with Gasteiger partial charge in [0.15, 0.2) is 0 Å². The van der Waals surface area contributed by atoms with Crippen LogP contribution in [0.5, 0.6) is 5.75 Å².